The summed E-state index contributed by atoms with van der Waals surface area (Å²) < 4.78 is 0. The van der Waals surface area contributed by atoms with Gasteiger partial charge in [-0.15, -0.1) is 0 Å². The molecule has 0 saturated heterocycles. The maximum atomic E-state index is 11.0. The molecule has 2 atom stereocenters. The van der Waals surface area contributed by atoms with Gasteiger partial charge in [-0.05, 0) is 25.2 Å². The highest BCUT2D eigenvalue weighted by Crippen LogP contribution is 2.28. The van der Waals surface area contributed by atoms with Gasteiger partial charge in [-0.2, -0.15) is 0 Å². The van der Waals surface area contributed by atoms with E-state index in [1.54, 1.807) is 0 Å². The molecule has 0 aromatic carbocycles. The zero-order valence-electron chi connectivity index (χ0n) is 8.58. The fourth-order valence-electron chi connectivity index (χ4n) is 2.02. The number of primary amides is 1. The van der Waals surface area contributed by atoms with Crippen LogP contribution in [0.15, 0.2) is 0 Å². The zero-order chi connectivity index (χ0) is 10.6. The molecular formula is C10H18N2O2. The third kappa shape index (κ3) is 3.36. The molecule has 3 N–H and O–H groups in total. The van der Waals surface area contributed by atoms with Gasteiger partial charge in [0.2, 0.25) is 11.8 Å². The van der Waals surface area contributed by atoms with Gasteiger partial charge in [0.05, 0.1) is 0 Å². The minimum absolute atomic E-state index is 0.00815. The Morgan fingerprint density at radius 1 is 1.43 bits per heavy atom. The Bertz CT molecular complexity index is 228. The summed E-state index contributed by atoms with van der Waals surface area (Å²) in [6.07, 6.45) is 3.86. The van der Waals surface area contributed by atoms with E-state index in [9.17, 15) is 9.59 Å². The first-order valence-electron chi connectivity index (χ1n) is 5.13. The van der Waals surface area contributed by atoms with E-state index >= 15 is 0 Å². The minimum atomic E-state index is -0.197. The van der Waals surface area contributed by atoms with Crippen molar-refractivity contribution in [1.82, 2.24) is 5.32 Å². The van der Waals surface area contributed by atoms with Crippen LogP contribution in [0.25, 0.3) is 0 Å². The zero-order valence-corrected chi connectivity index (χ0v) is 8.58. The number of carbonyl (C=O) groups is 2. The van der Waals surface area contributed by atoms with Crippen LogP contribution in [-0.2, 0) is 9.59 Å². The summed E-state index contributed by atoms with van der Waals surface area (Å²) in [5.41, 5.74) is 5.26. The Morgan fingerprint density at radius 3 is 2.71 bits per heavy atom. The first-order valence-corrected chi connectivity index (χ1v) is 5.13. The van der Waals surface area contributed by atoms with E-state index in [-0.39, 0.29) is 17.7 Å². The second-order valence-corrected chi connectivity index (χ2v) is 4.07. The summed E-state index contributed by atoms with van der Waals surface area (Å²) in [6.45, 7) is 2.19. The van der Waals surface area contributed by atoms with Crippen LogP contribution in [0.1, 0.15) is 32.6 Å². The summed E-state index contributed by atoms with van der Waals surface area (Å²) in [5.74, 6) is 0.233. The highest BCUT2D eigenvalue weighted by molar-refractivity contribution is 5.76. The van der Waals surface area contributed by atoms with E-state index in [1.165, 1.54) is 6.92 Å². The second kappa shape index (κ2) is 4.98. The second-order valence-electron chi connectivity index (χ2n) is 4.07. The first-order chi connectivity index (χ1) is 6.59. The molecule has 1 saturated carbocycles. The van der Waals surface area contributed by atoms with Crippen molar-refractivity contribution in [3.8, 4) is 0 Å². The Labute approximate surface area is 84.2 Å². The molecule has 2 amide bonds. The van der Waals surface area contributed by atoms with Crippen LogP contribution < -0.4 is 11.1 Å². The highest BCUT2D eigenvalue weighted by atomic mass is 16.1. The van der Waals surface area contributed by atoms with E-state index in [1.807, 2.05) is 0 Å². The van der Waals surface area contributed by atoms with Crippen LogP contribution in [-0.4, -0.2) is 18.4 Å². The number of carbonyl (C=O) groups excluding carboxylic acids is 2. The SMILES string of the molecule is CC(=O)NCC1CCCC(C(N)=O)C1. The predicted molar refractivity (Wildman–Crippen MR) is 53.3 cm³/mol. The van der Waals surface area contributed by atoms with Crippen molar-refractivity contribution < 1.29 is 9.59 Å². The van der Waals surface area contributed by atoms with Gasteiger partial charge in [-0.3, -0.25) is 9.59 Å². The summed E-state index contributed by atoms with van der Waals surface area (Å²) in [6, 6.07) is 0. The average Bonchev–Trinajstić information content (AvgIpc) is 2.15. The molecule has 4 heteroatoms. The lowest BCUT2D eigenvalue weighted by atomic mass is 9.81. The third-order valence-electron chi connectivity index (χ3n) is 2.82. The van der Waals surface area contributed by atoms with Crippen molar-refractivity contribution in [3.63, 3.8) is 0 Å². The van der Waals surface area contributed by atoms with Gasteiger partial charge in [0.1, 0.15) is 0 Å². The molecule has 0 aromatic rings. The maximum absolute atomic E-state index is 11.0. The Kier molecular flexibility index (Phi) is 3.92. The van der Waals surface area contributed by atoms with Gasteiger partial charge in [0.25, 0.3) is 0 Å². The standard InChI is InChI=1S/C10H18N2O2/c1-7(13)12-6-8-3-2-4-9(5-8)10(11)14/h8-9H,2-6H2,1H3,(H2,11,14)(H,12,13). The van der Waals surface area contributed by atoms with Gasteiger partial charge >= 0.3 is 0 Å². The van der Waals surface area contributed by atoms with Crippen LogP contribution in [0.3, 0.4) is 0 Å². The molecule has 2 unspecified atom stereocenters. The minimum Gasteiger partial charge on any atom is -0.369 e. The third-order valence-corrected chi connectivity index (χ3v) is 2.82. The number of nitrogens with two attached hydrogens (primary N) is 1. The molecule has 14 heavy (non-hydrogen) atoms. The largest absolute Gasteiger partial charge is 0.369 e. The summed E-state index contributed by atoms with van der Waals surface area (Å²) in [4.78, 5) is 21.7. The lowest BCUT2D eigenvalue weighted by Crippen LogP contribution is -2.34. The van der Waals surface area contributed by atoms with Crippen LogP contribution in [0.2, 0.25) is 0 Å². The summed E-state index contributed by atoms with van der Waals surface area (Å²) in [7, 11) is 0. The molecule has 0 heterocycles. The maximum Gasteiger partial charge on any atom is 0.220 e. The van der Waals surface area contributed by atoms with Crippen molar-refractivity contribution in [2.24, 2.45) is 17.6 Å². The number of hydrogen-bond acceptors (Lipinski definition) is 2. The number of nitrogens with one attached hydrogen (secondary N) is 1. The van der Waals surface area contributed by atoms with Crippen LogP contribution in [0, 0.1) is 11.8 Å². The van der Waals surface area contributed by atoms with Crippen molar-refractivity contribution in [3.05, 3.63) is 0 Å². The molecule has 0 aliphatic heterocycles. The molecule has 0 bridgehead atoms. The summed E-state index contributed by atoms with van der Waals surface area (Å²) in [5, 5.41) is 2.78. The highest BCUT2D eigenvalue weighted by Gasteiger charge is 2.25. The van der Waals surface area contributed by atoms with E-state index in [4.69, 9.17) is 5.73 Å². The van der Waals surface area contributed by atoms with Gasteiger partial charge < -0.3 is 11.1 Å². The van der Waals surface area contributed by atoms with Crippen LogP contribution >= 0.6 is 0 Å². The smallest absolute Gasteiger partial charge is 0.220 e. The lowest BCUT2D eigenvalue weighted by molar-refractivity contribution is -0.123. The van der Waals surface area contributed by atoms with Crippen molar-refractivity contribution >= 4 is 11.8 Å². The van der Waals surface area contributed by atoms with E-state index in [0.29, 0.717) is 12.5 Å². The molecule has 1 fully saturated rings. The van der Waals surface area contributed by atoms with E-state index in [2.05, 4.69) is 5.32 Å². The fourth-order valence-corrected chi connectivity index (χ4v) is 2.02. The molecule has 1 aliphatic rings. The van der Waals surface area contributed by atoms with Crippen molar-refractivity contribution in [2.75, 3.05) is 6.54 Å². The summed E-state index contributed by atoms with van der Waals surface area (Å²) >= 11 is 0. The lowest BCUT2D eigenvalue weighted by Gasteiger charge is -2.27. The number of amides is 2. The van der Waals surface area contributed by atoms with Crippen molar-refractivity contribution in [2.45, 2.75) is 32.6 Å². The molecule has 1 rings (SSSR count). The van der Waals surface area contributed by atoms with Gasteiger partial charge in [-0.1, -0.05) is 6.42 Å². The molecule has 0 aromatic heterocycles. The van der Waals surface area contributed by atoms with Crippen LogP contribution in [0.4, 0.5) is 0 Å². The molecule has 0 radical (unpaired) electrons. The van der Waals surface area contributed by atoms with Crippen molar-refractivity contribution in [1.29, 1.82) is 0 Å². The molecule has 1 aliphatic carbocycles. The number of hydrogen-bond donors (Lipinski definition) is 2. The monoisotopic (exact) mass is 198 g/mol. The molecule has 0 spiro atoms. The molecular weight excluding hydrogens is 180 g/mol. The average molecular weight is 198 g/mol. The van der Waals surface area contributed by atoms with Gasteiger partial charge in [0.15, 0.2) is 0 Å². The van der Waals surface area contributed by atoms with E-state index < -0.39 is 0 Å². The quantitative estimate of drug-likeness (QED) is 0.689. The normalized spacial score (nSPS) is 26.9. The first kappa shape index (κ1) is 11.0. The Morgan fingerprint density at radius 2 is 2.14 bits per heavy atom. The predicted octanol–water partition coefficient (Wildman–Crippen LogP) is 0.414. The molecule has 80 valence electrons. The molecule has 4 nitrogen and oxygen atoms in total. The Balaban J connectivity index is 2.32. The topological polar surface area (TPSA) is 72.2 Å². The van der Waals surface area contributed by atoms with Gasteiger partial charge in [-0.25, -0.2) is 0 Å². The van der Waals surface area contributed by atoms with Gasteiger partial charge in [0, 0.05) is 19.4 Å². The van der Waals surface area contributed by atoms with Crippen LogP contribution in [0.5, 0.6) is 0 Å². The van der Waals surface area contributed by atoms with E-state index in [0.717, 1.165) is 25.7 Å². The number of rotatable bonds is 3. The Hall–Kier alpha value is -1.06. The fraction of sp³-hybridized carbons (Fsp3) is 0.800.